The summed E-state index contributed by atoms with van der Waals surface area (Å²) in [6.45, 7) is 4.49. The average Bonchev–Trinajstić information content (AvgIpc) is 3.11. The van der Waals surface area contributed by atoms with Crippen LogP contribution in [0.15, 0.2) is 29.7 Å². The van der Waals surface area contributed by atoms with Crippen LogP contribution in [-0.2, 0) is 13.0 Å². The van der Waals surface area contributed by atoms with Crippen molar-refractivity contribution in [2.75, 3.05) is 0 Å². The second-order valence-electron chi connectivity index (χ2n) is 5.33. The van der Waals surface area contributed by atoms with Crippen molar-refractivity contribution >= 4 is 5.71 Å². The van der Waals surface area contributed by atoms with Gasteiger partial charge in [-0.25, -0.2) is 9.67 Å². The molecule has 0 bridgehead atoms. The Kier molecular flexibility index (Phi) is 3.60. The van der Waals surface area contributed by atoms with Crippen molar-refractivity contribution in [2.45, 2.75) is 39.3 Å². The van der Waals surface area contributed by atoms with Gasteiger partial charge in [0.15, 0.2) is 5.82 Å². The molecule has 1 aromatic carbocycles. The summed E-state index contributed by atoms with van der Waals surface area (Å²) in [6.07, 6.45) is 3.13. The van der Waals surface area contributed by atoms with E-state index in [1.54, 1.807) is 6.33 Å². The largest absolute Gasteiger partial charge is 0.485 e. The van der Waals surface area contributed by atoms with E-state index in [-0.39, 0.29) is 6.04 Å². The molecule has 0 aliphatic heterocycles. The lowest BCUT2D eigenvalue weighted by Crippen LogP contribution is -2.11. The van der Waals surface area contributed by atoms with Gasteiger partial charge in [-0.1, -0.05) is 17.3 Å². The Morgan fingerprint density at radius 1 is 1.38 bits per heavy atom. The van der Waals surface area contributed by atoms with Gasteiger partial charge < -0.3 is 9.94 Å². The maximum atomic E-state index is 9.01. The molecular formula is C15H18N4O2. The van der Waals surface area contributed by atoms with Crippen LogP contribution in [0.1, 0.15) is 43.3 Å². The third kappa shape index (κ3) is 2.49. The van der Waals surface area contributed by atoms with E-state index in [2.05, 4.69) is 29.1 Å². The van der Waals surface area contributed by atoms with E-state index in [1.165, 1.54) is 0 Å². The van der Waals surface area contributed by atoms with Crippen LogP contribution >= 0.6 is 0 Å². The van der Waals surface area contributed by atoms with Crippen molar-refractivity contribution in [2.24, 2.45) is 5.16 Å². The fourth-order valence-electron chi connectivity index (χ4n) is 2.66. The van der Waals surface area contributed by atoms with Crippen molar-refractivity contribution < 1.29 is 9.94 Å². The fraction of sp³-hybridized carbons (Fsp3) is 0.400. The highest BCUT2D eigenvalue weighted by Gasteiger charge is 2.22. The smallest absolute Gasteiger partial charge is 0.165 e. The van der Waals surface area contributed by atoms with E-state index >= 15 is 0 Å². The highest BCUT2D eigenvalue weighted by molar-refractivity contribution is 6.04. The third-order valence-electron chi connectivity index (χ3n) is 3.67. The van der Waals surface area contributed by atoms with Gasteiger partial charge in [0, 0.05) is 17.2 Å². The molecule has 1 heterocycles. The van der Waals surface area contributed by atoms with Crippen molar-refractivity contribution in [3.8, 4) is 5.75 Å². The summed E-state index contributed by atoms with van der Waals surface area (Å²) in [7, 11) is 0. The summed E-state index contributed by atoms with van der Waals surface area (Å²) >= 11 is 0. The summed E-state index contributed by atoms with van der Waals surface area (Å²) in [5, 5.41) is 16.6. The number of ether oxygens (including phenoxy) is 1. The molecule has 1 N–H and O–H groups in total. The van der Waals surface area contributed by atoms with E-state index in [9.17, 15) is 0 Å². The minimum Gasteiger partial charge on any atom is -0.485 e. The molecule has 6 nitrogen and oxygen atoms in total. The molecule has 0 amide bonds. The highest BCUT2D eigenvalue weighted by atomic mass is 16.5. The number of fused-ring (bicyclic) bond motifs is 1. The molecule has 0 radical (unpaired) electrons. The molecule has 0 atom stereocenters. The summed E-state index contributed by atoms with van der Waals surface area (Å²) in [4.78, 5) is 4.24. The third-order valence-corrected chi connectivity index (χ3v) is 3.67. The fourth-order valence-corrected chi connectivity index (χ4v) is 2.66. The molecule has 21 heavy (non-hydrogen) atoms. The van der Waals surface area contributed by atoms with Gasteiger partial charge >= 0.3 is 0 Å². The van der Waals surface area contributed by atoms with Gasteiger partial charge in [-0.2, -0.15) is 5.10 Å². The Hall–Kier alpha value is -2.37. The monoisotopic (exact) mass is 286 g/mol. The van der Waals surface area contributed by atoms with Crippen LogP contribution < -0.4 is 4.74 Å². The van der Waals surface area contributed by atoms with E-state index in [0.717, 1.165) is 41.3 Å². The Labute approximate surface area is 123 Å². The Morgan fingerprint density at radius 2 is 2.24 bits per heavy atom. The first-order valence-electron chi connectivity index (χ1n) is 7.05. The molecule has 0 spiro atoms. The molecule has 1 aliphatic carbocycles. The topological polar surface area (TPSA) is 72.5 Å². The number of aromatic nitrogens is 3. The first-order valence-corrected chi connectivity index (χ1v) is 7.05. The number of nitrogens with zero attached hydrogens (tertiary/aromatic N) is 4. The van der Waals surface area contributed by atoms with Gasteiger partial charge in [0.25, 0.3) is 0 Å². The predicted octanol–water partition coefficient (Wildman–Crippen LogP) is 2.56. The van der Waals surface area contributed by atoms with Crippen LogP contribution in [0.2, 0.25) is 0 Å². The number of hydrogen-bond acceptors (Lipinski definition) is 5. The van der Waals surface area contributed by atoms with Crippen LogP contribution in [0.4, 0.5) is 0 Å². The molecule has 0 fully saturated rings. The van der Waals surface area contributed by atoms with Gasteiger partial charge in [-0.15, -0.1) is 0 Å². The first-order chi connectivity index (χ1) is 10.2. The van der Waals surface area contributed by atoms with Gasteiger partial charge in [0.05, 0.1) is 5.71 Å². The standard InChI is InChI=1S/C15H18N4O2/c1-10(2)19-15(16-9-17-19)8-21-14-5-3-4-11-12(14)6-7-13(11)18-20/h3-5,9-10,20H,6-8H2,1-2H3. The van der Waals surface area contributed by atoms with Crippen molar-refractivity contribution in [3.05, 3.63) is 41.5 Å². The molecule has 3 rings (SSSR count). The van der Waals surface area contributed by atoms with Crippen molar-refractivity contribution in [1.82, 2.24) is 14.8 Å². The quantitative estimate of drug-likeness (QED) is 0.692. The first kappa shape index (κ1) is 13.6. The zero-order valence-electron chi connectivity index (χ0n) is 12.2. The lowest BCUT2D eigenvalue weighted by molar-refractivity contribution is 0.280. The van der Waals surface area contributed by atoms with E-state index in [4.69, 9.17) is 9.94 Å². The lowest BCUT2D eigenvalue weighted by Gasteiger charge is -2.12. The Balaban J connectivity index is 1.81. The maximum absolute atomic E-state index is 9.01. The van der Waals surface area contributed by atoms with Gasteiger partial charge in [0.1, 0.15) is 18.7 Å². The molecular weight excluding hydrogens is 268 g/mol. The molecule has 6 heteroatoms. The highest BCUT2D eigenvalue weighted by Crippen LogP contribution is 2.31. The number of oxime groups is 1. The van der Waals surface area contributed by atoms with E-state index < -0.39 is 0 Å². The minimum atomic E-state index is 0.251. The predicted molar refractivity (Wildman–Crippen MR) is 77.8 cm³/mol. The summed E-state index contributed by atoms with van der Waals surface area (Å²) in [6, 6.07) is 6.06. The second kappa shape index (κ2) is 5.55. The molecule has 1 aliphatic rings. The van der Waals surface area contributed by atoms with Crippen molar-refractivity contribution in [3.63, 3.8) is 0 Å². The number of benzene rings is 1. The van der Waals surface area contributed by atoms with Crippen molar-refractivity contribution in [1.29, 1.82) is 0 Å². The molecule has 0 saturated heterocycles. The molecule has 2 aromatic rings. The van der Waals surface area contributed by atoms with Crippen LogP contribution in [0, 0.1) is 0 Å². The van der Waals surface area contributed by atoms with Crippen LogP contribution in [-0.4, -0.2) is 25.7 Å². The zero-order chi connectivity index (χ0) is 14.8. The SMILES string of the molecule is CC(C)n1ncnc1COc1cccc2c1CCC2=NO. The summed E-state index contributed by atoms with van der Waals surface area (Å²) < 4.78 is 7.77. The normalized spacial score (nSPS) is 15.7. The summed E-state index contributed by atoms with van der Waals surface area (Å²) in [5.74, 6) is 1.63. The van der Waals surface area contributed by atoms with E-state index in [1.807, 2.05) is 22.9 Å². The average molecular weight is 286 g/mol. The maximum Gasteiger partial charge on any atom is 0.165 e. The molecule has 0 saturated carbocycles. The number of hydrogen-bond donors (Lipinski definition) is 1. The van der Waals surface area contributed by atoms with E-state index in [0.29, 0.717) is 6.61 Å². The molecule has 0 unspecified atom stereocenters. The van der Waals surface area contributed by atoms with Crippen LogP contribution in [0.5, 0.6) is 5.75 Å². The van der Waals surface area contributed by atoms with Gasteiger partial charge in [-0.3, -0.25) is 0 Å². The molecule has 110 valence electrons. The van der Waals surface area contributed by atoms with Crippen LogP contribution in [0.25, 0.3) is 0 Å². The number of rotatable bonds is 4. The molecule has 1 aromatic heterocycles. The summed E-state index contributed by atoms with van der Waals surface area (Å²) in [5.41, 5.74) is 2.79. The Morgan fingerprint density at radius 3 is 3.00 bits per heavy atom. The lowest BCUT2D eigenvalue weighted by atomic mass is 10.1. The zero-order valence-corrected chi connectivity index (χ0v) is 12.2. The van der Waals surface area contributed by atoms with Gasteiger partial charge in [-0.05, 0) is 32.8 Å². The minimum absolute atomic E-state index is 0.251. The van der Waals surface area contributed by atoms with Crippen LogP contribution in [0.3, 0.4) is 0 Å². The second-order valence-corrected chi connectivity index (χ2v) is 5.33. The van der Waals surface area contributed by atoms with Gasteiger partial charge in [0.2, 0.25) is 0 Å². The Bertz CT molecular complexity index is 676.